The van der Waals surface area contributed by atoms with Gasteiger partial charge in [0.05, 0.1) is 45.1 Å². The van der Waals surface area contributed by atoms with Gasteiger partial charge in [0.25, 0.3) is 0 Å². The molecule has 56 heavy (non-hydrogen) atoms. The molecule has 2 heterocycles. The van der Waals surface area contributed by atoms with Crippen LogP contribution in [0.1, 0.15) is 22.3 Å². The molecule has 0 spiro atoms. The molecular formula is C52H34N4. The van der Waals surface area contributed by atoms with Crippen LogP contribution in [0.5, 0.6) is 0 Å². The van der Waals surface area contributed by atoms with E-state index in [1.807, 2.05) is 24.3 Å². The zero-order chi connectivity index (χ0) is 37.9. The van der Waals surface area contributed by atoms with E-state index in [0.717, 1.165) is 88.4 Å². The Kier molecular flexibility index (Phi) is 7.66. The monoisotopic (exact) mass is 714 g/mol. The van der Waals surface area contributed by atoms with Crippen LogP contribution in [0.3, 0.4) is 0 Å². The Hall–Kier alpha value is -7.66. The molecule has 4 heteroatoms. The minimum Gasteiger partial charge on any atom is -0.308 e. The molecule has 2 aromatic heterocycles. The average Bonchev–Trinajstić information content (AvgIpc) is 3.75. The number of hydrogen-bond acceptors (Lipinski definition) is 2. The molecule has 0 saturated heterocycles. The number of rotatable bonds is 5. The minimum absolute atomic E-state index is 0.553. The molecule has 0 atom stereocenters. The fourth-order valence-electron chi connectivity index (χ4n) is 8.33. The van der Waals surface area contributed by atoms with Crippen LogP contribution in [-0.4, -0.2) is 9.13 Å². The predicted octanol–water partition coefficient (Wildman–Crippen LogP) is 13.2. The summed E-state index contributed by atoms with van der Waals surface area (Å²) in [5, 5.41) is 25.8. The molecule has 0 aliphatic heterocycles. The molecule has 8 aromatic carbocycles. The first kappa shape index (κ1) is 32.9. The van der Waals surface area contributed by atoms with E-state index >= 15 is 0 Å². The molecule has 0 radical (unpaired) electrons. The van der Waals surface area contributed by atoms with E-state index in [4.69, 9.17) is 0 Å². The second-order valence-electron chi connectivity index (χ2n) is 14.6. The summed E-state index contributed by atoms with van der Waals surface area (Å²) in [6, 6.07) is 64.4. The summed E-state index contributed by atoms with van der Waals surface area (Å²) in [5.74, 6) is 0. The molecule has 0 saturated carbocycles. The van der Waals surface area contributed by atoms with Gasteiger partial charge in [-0.05, 0) is 95.8 Å². The largest absolute Gasteiger partial charge is 0.308 e. The Morgan fingerprint density at radius 2 is 0.804 bits per heavy atom. The quantitative estimate of drug-likeness (QED) is 0.178. The Labute approximate surface area is 325 Å². The number of nitriles is 2. The zero-order valence-corrected chi connectivity index (χ0v) is 31.0. The summed E-state index contributed by atoms with van der Waals surface area (Å²) < 4.78 is 4.52. The van der Waals surface area contributed by atoms with Gasteiger partial charge in [0.2, 0.25) is 0 Å². The van der Waals surface area contributed by atoms with E-state index in [9.17, 15) is 10.5 Å². The number of hydrogen-bond donors (Lipinski definition) is 0. The van der Waals surface area contributed by atoms with Gasteiger partial charge in [-0.15, -0.1) is 0 Å². The van der Waals surface area contributed by atoms with Gasteiger partial charge in [-0.3, -0.25) is 0 Å². The highest BCUT2D eigenvalue weighted by molar-refractivity contribution is 6.12. The van der Waals surface area contributed by atoms with Crippen LogP contribution in [0.15, 0.2) is 170 Å². The Balaban J connectivity index is 1.34. The van der Waals surface area contributed by atoms with Crippen molar-refractivity contribution in [2.45, 2.75) is 13.8 Å². The van der Waals surface area contributed by atoms with E-state index in [0.29, 0.717) is 11.1 Å². The fourth-order valence-corrected chi connectivity index (χ4v) is 8.33. The third kappa shape index (κ3) is 5.28. The number of aromatic nitrogens is 2. The van der Waals surface area contributed by atoms with Crippen molar-refractivity contribution < 1.29 is 0 Å². The topological polar surface area (TPSA) is 57.4 Å². The van der Waals surface area contributed by atoms with Crippen LogP contribution in [0, 0.1) is 36.5 Å². The zero-order valence-electron chi connectivity index (χ0n) is 31.0. The predicted molar refractivity (Wildman–Crippen MR) is 230 cm³/mol. The van der Waals surface area contributed by atoms with Crippen LogP contribution in [-0.2, 0) is 0 Å². The third-order valence-electron chi connectivity index (χ3n) is 11.1. The Morgan fingerprint density at radius 1 is 0.357 bits per heavy atom. The molecule has 0 N–H and O–H groups in total. The molecule has 4 nitrogen and oxygen atoms in total. The van der Waals surface area contributed by atoms with Gasteiger partial charge >= 0.3 is 0 Å². The van der Waals surface area contributed by atoms with Gasteiger partial charge in [0, 0.05) is 21.5 Å². The average molecular weight is 715 g/mol. The lowest BCUT2D eigenvalue weighted by Gasteiger charge is -2.19. The van der Waals surface area contributed by atoms with Crippen LogP contribution >= 0.6 is 0 Å². The van der Waals surface area contributed by atoms with E-state index in [-0.39, 0.29) is 0 Å². The maximum Gasteiger partial charge on any atom is 0.104 e. The summed E-state index contributed by atoms with van der Waals surface area (Å²) in [6.07, 6.45) is 0. The number of para-hydroxylation sites is 2. The first-order chi connectivity index (χ1) is 27.5. The number of aryl methyl sites for hydroxylation is 2. The smallest absolute Gasteiger partial charge is 0.104 e. The van der Waals surface area contributed by atoms with E-state index in [1.165, 1.54) is 11.1 Å². The maximum absolute atomic E-state index is 11.4. The Morgan fingerprint density at radius 3 is 1.29 bits per heavy atom. The first-order valence-corrected chi connectivity index (χ1v) is 18.8. The molecule has 0 fully saturated rings. The molecule has 0 aliphatic rings. The summed E-state index contributed by atoms with van der Waals surface area (Å²) >= 11 is 0. The van der Waals surface area contributed by atoms with Gasteiger partial charge in [0.15, 0.2) is 0 Å². The number of fused-ring (bicyclic) bond motifs is 6. The van der Waals surface area contributed by atoms with Gasteiger partial charge in [-0.25, -0.2) is 0 Å². The highest BCUT2D eigenvalue weighted by Gasteiger charge is 2.23. The SMILES string of the molecule is Cc1ccc(-c2ccc3c4ccccc4n(-c4cc(-c5cccc(C#N)c5)cc(-n5c6ccccc6c6ccc(-c7ccc(C)cc7)cc65)c4C#N)c3c2)cc1. The van der Waals surface area contributed by atoms with Crippen molar-refractivity contribution in [2.75, 3.05) is 0 Å². The summed E-state index contributed by atoms with van der Waals surface area (Å²) in [7, 11) is 0. The van der Waals surface area contributed by atoms with Crippen molar-refractivity contribution >= 4 is 43.6 Å². The van der Waals surface area contributed by atoms with Crippen molar-refractivity contribution in [1.29, 1.82) is 10.5 Å². The van der Waals surface area contributed by atoms with Crippen molar-refractivity contribution in [3.05, 3.63) is 192 Å². The van der Waals surface area contributed by atoms with Gasteiger partial charge in [-0.2, -0.15) is 10.5 Å². The van der Waals surface area contributed by atoms with Crippen molar-refractivity contribution in [3.8, 4) is 56.9 Å². The molecule has 0 bridgehead atoms. The van der Waals surface area contributed by atoms with Crippen molar-refractivity contribution in [3.63, 3.8) is 0 Å². The molecule has 0 amide bonds. The molecule has 262 valence electrons. The summed E-state index contributed by atoms with van der Waals surface area (Å²) in [4.78, 5) is 0. The third-order valence-corrected chi connectivity index (χ3v) is 11.1. The standard InChI is InChI=1S/C52H34N4/c1-33-14-18-36(19-15-33)39-22-24-44-42-10-3-5-12-47(42)55(49(44)27-39)51-29-41(38-9-7-8-35(26-38)31-53)30-52(46(51)32-54)56-48-13-6-4-11-43(48)45-25-23-40(28-50(45)56)37-20-16-34(2)17-21-37/h3-30H,1-2H3. The van der Waals surface area contributed by atoms with Crippen LogP contribution < -0.4 is 0 Å². The molecule has 0 aliphatic carbocycles. The van der Waals surface area contributed by atoms with Crippen molar-refractivity contribution in [2.24, 2.45) is 0 Å². The lowest BCUT2D eigenvalue weighted by molar-refractivity contribution is 1.12. The normalized spacial score (nSPS) is 11.4. The van der Waals surface area contributed by atoms with Crippen LogP contribution in [0.2, 0.25) is 0 Å². The van der Waals surface area contributed by atoms with Gasteiger partial charge < -0.3 is 9.13 Å². The van der Waals surface area contributed by atoms with E-state index in [1.54, 1.807) is 0 Å². The molecular weight excluding hydrogens is 681 g/mol. The highest BCUT2D eigenvalue weighted by Crippen LogP contribution is 2.42. The van der Waals surface area contributed by atoms with E-state index < -0.39 is 0 Å². The van der Waals surface area contributed by atoms with Gasteiger partial charge in [0.1, 0.15) is 11.6 Å². The van der Waals surface area contributed by atoms with Crippen LogP contribution in [0.25, 0.3) is 88.4 Å². The van der Waals surface area contributed by atoms with Gasteiger partial charge in [-0.1, -0.05) is 132 Å². The second kappa shape index (κ2) is 13.0. The first-order valence-electron chi connectivity index (χ1n) is 18.8. The molecule has 10 rings (SSSR count). The summed E-state index contributed by atoms with van der Waals surface area (Å²) in [6.45, 7) is 4.21. The number of nitrogens with zero attached hydrogens (tertiary/aromatic N) is 4. The molecule has 0 unspecified atom stereocenters. The second-order valence-corrected chi connectivity index (χ2v) is 14.6. The lowest BCUT2D eigenvalue weighted by Crippen LogP contribution is -2.05. The summed E-state index contributed by atoms with van der Waals surface area (Å²) in [5.41, 5.74) is 15.4. The minimum atomic E-state index is 0.553. The number of benzene rings is 8. The highest BCUT2D eigenvalue weighted by atomic mass is 15.0. The van der Waals surface area contributed by atoms with E-state index in [2.05, 4.69) is 181 Å². The van der Waals surface area contributed by atoms with Crippen molar-refractivity contribution in [1.82, 2.24) is 9.13 Å². The maximum atomic E-state index is 11.4. The van der Waals surface area contributed by atoms with Crippen LogP contribution in [0.4, 0.5) is 0 Å². The Bertz CT molecular complexity index is 3090. The fraction of sp³-hybridized carbons (Fsp3) is 0.0385. The molecule has 10 aromatic rings. The lowest BCUT2D eigenvalue weighted by atomic mass is 9.98.